The molecule has 16 heavy (non-hydrogen) atoms. The summed E-state index contributed by atoms with van der Waals surface area (Å²) in [4.78, 5) is 0. The summed E-state index contributed by atoms with van der Waals surface area (Å²) in [5, 5.41) is 10.0. The van der Waals surface area contributed by atoms with Gasteiger partial charge < -0.3 is 9.52 Å². The van der Waals surface area contributed by atoms with Gasteiger partial charge in [0, 0.05) is 10.0 Å². The fourth-order valence-corrected chi connectivity index (χ4v) is 2.38. The highest BCUT2D eigenvalue weighted by atomic mass is 79.9. The van der Waals surface area contributed by atoms with Gasteiger partial charge in [-0.15, -0.1) is 0 Å². The van der Waals surface area contributed by atoms with Crippen molar-refractivity contribution < 1.29 is 13.9 Å². The smallest absolute Gasteiger partial charge is 0.151 e. The highest BCUT2D eigenvalue weighted by molar-refractivity contribution is 9.10. The minimum atomic E-state index is -1.14. The van der Waals surface area contributed by atoms with Gasteiger partial charge in [-0.2, -0.15) is 0 Å². The molecule has 0 aliphatic heterocycles. The van der Waals surface area contributed by atoms with Crippen molar-refractivity contribution in [2.45, 2.75) is 6.10 Å². The molecule has 1 N–H and O–H groups in total. The summed E-state index contributed by atoms with van der Waals surface area (Å²) < 4.78 is 19.8. The predicted molar refractivity (Wildman–Crippen MR) is 64.6 cm³/mol. The third-order valence-corrected chi connectivity index (χ3v) is 3.51. The number of halogens is 3. The maximum Gasteiger partial charge on any atom is 0.151 e. The maximum absolute atomic E-state index is 13.6. The van der Waals surface area contributed by atoms with Gasteiger partial charge in [-0.25, -0.2) is 4.39 Å². The van der Waals surface area contributed by atoms with Crippen molar-refractivity contribution in [3.63, 3.8) is 0 Å². The number of rotatable bonds is 2. The molecule has 0 aliphatic rings. The maximum atomic E-state index is 13.6. The molecule has 0 saturated carbocycles. The molecule has 0 amide bonds. The van der Waals surface area contributed by atoms with Gasteiger partial charge in [0.15, 0.2) is 5.76 Å². The Balaban J connectivity index is 2.49. The first-order valence-corrected chi connectivity index (χ1v) is 6.04. The fourth-order valence-electron chi connectivity index (χ4n) is 1.40. The number of aliphatic hydroxyl groups excluding tert-OH is 1. The Morgan fingerprint density at radius 3 is 2.50 bits per heavy atom. The van der Waals surface area contributed by atoms with E-state index < -0.39 is 11.9 Å². The zero-order valence-corrected chi connectivity index (χ0v) is 11.1. The minimum Gasteiger partial charge on any atom is -0.465 e. The minimum absolute atomic E-state index is 0.165. The molecule has 2 aromatic rings. The number of hydrogen-bond acceptors (Lipinski definition) is 2. The highest BCUT2D eigenvalue weighted by Crippen LogP contribution is 2.34. The molecule has 1 unspecified atom stereocenters. The molecule has 0 aliphatic carbocycles. The summed E-state index contributed by atoms with van der Waals surface area (Å²) in [6.07, 6.45) is 0.289. The van der Waals surface area contributed by atoms with Crippen molar-refractivity contribution in [3.05, 3.63) is 56.6 Å². The van der Waals surface area contributed by atoms with E-state index in [1.54, 1.807) is 18.2 Å². The zero-order chi connectivity index (χ0) is 11.7. The zero-order valence-electron chi connectivity index (χ0n) is 7.95. The summed E-state index contributed by atoms with van der Waals surface area (Å²) in [5.74, 6) is -0.198. The Bertz CT molecular complexity index is 490. The second-order valence-electron chi connectivity index (χ2n) is 3.17. The van der Waals surface area contributed by atoms with Crippen molar-refractivity contribution in [3.8, 4) is 0 Å². The number of aliphatic hydroxyl groups is 1. The standard InChI is InChI=1S/C11H7Br2FO2/c12-6-2-1-3-8(14)9(6)10(15)11-7(13)4-5-16-11/h1-5,10,15H. The SMILES string of the molecule is OC(c1occc1Br)c1c(F)cccc1Br. The van der Waals surface area contributed by atoms with Gasteiger partial charge in [-0.1, -0.05) is 22.0 Å². The van der Waals surface area contributed by atoms with E-state index in [1.165, 1.54) is 12.3 Å². The molecule has 1 aromatic carbocycles. The van der Waals surface area contributed by atoms with Crippen LogP contribution in [-0.2, 0) is 0 Å². The van der Waals surface area contributed by atoms with Crippen LogP contribution in [0.1, 0.15) is 17.4 Å². The van der Waals surface area contributed by atoms with Crippen molar-refractivity contribution in [2.75, 3.05) is 0 Å². The third-order valence-electron chi connectivity index (χ3n) is 2.17. The summed E-state index contributed by atoms with van der Waals surface area (Å²) in [7, 11) is 0. The molecule has 84 valence electrons. The number of benzene rings is 1. The van der Waals surface area contributed by atoms with E-state index >= 15 is 0 Å². The lowest BCUT2D eigenvalue weighted by Crippen LogP contribution is -2.03. The Hall–Kier alpha value is -0.650. The van der Waals surface area contributed by atoms with Gasteiger partial charge in [0.25, 0.3) is 0 Å². The lowest BCUT2D eigenvalue weighted by atomic mass is 10.1. The second-order valence-corrected chi connectivity index (χ2v) is 4.88. The average molecular weight is 350 g/mol. The van der Waals surface area contributed by atoms with E-state index in [0.717, 1.165) is 0 Å². The second kappa shape index (κ2) is 4.69. The van der Waals surface area contributed by atoms with E-state index in [4.69, 9.17) is 4.42 Å². The normalized spacial score (nSPS) is 12.8. The first-order valence-electron chi connectivity index (χ1n) is 4.46. The van der Waals surface area contributed by atoms with Crippen LogP contribution in [-0.4, -0.2) is 5.11 Å². The first kappa shape index (κ1) is 11.8. The molecule has 0 radical (unpaired) electrons. The quantitative estimate of drug-likeness (QED) is 0.888. The molecule has 0 spiro atoms. The van der Waals surface area contributed by atoms with E-state index in [0.29, 0.717) is 8.95 Å². The van der Waals surface area contributed by atoms with Gasteiger partial charge in [0.2, 0.25) is 0 Å². The molecule has 1 atom stereocenters. The van der Waals surface area contributed by atoms with Gasteiger partial charge in [0.1, 0.15) is 11.9 Å². The van der Waals surface area contributed by atoms with Crippen LogP contribution in [0.2, 0.25) is 0 Å². The molecular weight excluding hydrogens is 343 g/mol. The summed E-state index contributed by atoms with van der Waals surface area (Å²) in [5.41, 5.74) is 0.165. The van der Waals surface area contributed by atoms with Crippen LogP contribution in [0.15, 0.2) is 43.9 Å². The van der Waals surface area contributed by atoms with Crippen molar-refractivity contribution in [1.82, 2.24) is 0 Å². The fraction of sp³-hybridized carbons (Fsp3) is 0.0909. The number of furan rings is 1. The Kier molecular flexibility index (Phi) is 3.47. The molecule has 0 bridgehead atoms. The number of hydrogen-bond donors (Lipinski definition) is 1. The van der Waals surface area contributed by atoms with Crippen LogP contribution in [0.25, 0.3) is 0 Å². The summed E-state index contributed by atoms with van der Waals surface area (Å²) >= 11 is 6.42. The lowest BCUT2D eigenvalue weighted by molar-refractivity contribution is 0.183. The molecule has 1 aromatic heterocycles. The molecule has 2 nitrogen and oxygen atoms in total. The monoisotopic (exact) mass is 348 g/mol. The first-order chi connectivity index (χ1) is 7.61. The van der Waals surface area contributed by atoms with Crippen LogP contribution in [0.5, 0.6) is 0 Å². The van der Waals surface area contributed by atoms with E-state index in [1.807, 2.05) is 0 Å². The summed E-state index contributed by atoms with van der Waals surface area (Å²) in [6.45, 7) is 0. The van der Waals surface area contributed by atoms with Gasteiger partial charge >= 0.3 is 0 Å². The lowest BCUT2D eigenvalue weighted by Gasteiger charge is -2.11. The van der Waals surface area contributed by atoms with Crippen LogP contribution >= 0.6 is 31.9 Å². The van der Waals surface area contributed by atoms with Crippen LogP contribution in [0.3, 0.4) is 0 Å². The Morgan fingerprint density at radius 1 is 1.19 bits per heavy atom. The molecule has 0 fully saturated rings. The van der Waals surface area contributed by atoms with Crippen LogP contribution in [0.4, 0.5) is 4.39 Å². The van der Waals surface area contributed by atoms with Crippen LogP contribution < -0.4 is 0 Å². The molecule has 0 saturated heterocycles. The van der Waals surface area contributed by atoms with Gasteiger partial charge in [-0.05, 0) is 34.1 Å². The van der Waals surface area contributed by atoms with Crippen molar-refractivity contribution in [2.24, 2.45) is 0 Å². The summed E-state index contributed by atoms with van der Waals surface area (Å²) in [6, 6.07) is 6.17. The largest absolute Gasteiger partial charge is 0.465 e. The predicted octanol–water partition coefficient (Wildman–Crippen LogP) is 4.03. The van der Waals surface area contributed by atoms with E-state index in [-0.39, 0.29) is 11.3 Å². The molecule has 5 heteroatoms. The van der Waals surface area contributed by atoms with Gasteiger partial charge in [-0.3, -0.25) is 0 Å². The van der Waals surface area contributed by atoms with Crippen LogP contribution in [0, 0.1) is 5.82 Å². The molecule has 2 rings (SSSR count). The average Bonchev–Trinajstić information content (AvgIpc) is 2.64. The third kappa shape index (κ3) is 2.07. The molecule has 1 heterocycles. The van der Waals surface area contributed by atoms with E-state index in [9.17, 15) is 9.50 Å². The topological polar surface area (TPSA) is 33.4 Å². The van der Waals surface area contributed by atoms with Gasteiger partial charge in [0.05, 0.1) is 10.7 Å². The highest BCUT2D eigenvalue weighted by Gasteiger charge is 2.22. The van der Waals surface area contributed by atoms with E-state index in [2.05, 4.69) is 31.9 Å². The van der Waals surface area contributed by atoms with Crippen molar-refractivity contribution in [1.29, 1.82) is 0 Å². The Morgan fingerprint density at radius 2 is 1.94 bits per heavy atom. The molecular formula is C11H7Br2FO2. The Labute approximate surface area is 108 Å². The van der Waals surface area contributed by atoms with Crippen molar-refractivity contribution >= 4 is 31.9 Å².